The van der Waals surface area contributed by atoms with Crippen molar-refractivity contribution >= 4 is 0 Å². The molecule has 20 heavy (non-hydrogen) atoms. The van der Waals surface area contributed by atoms with Gasteiger partial charge in [0.05, 0.1) is 0 Å². The second kappa shape index (κ2) is 5.70. The van der Waals surface area contributed by atoms with Crippen LogP contribution in [0, 0.1) is 6.92 Å². The molecular formula is C19H18N+. The summed E-state index contributed by atoms with van der Waals surface area (Å²) in [5, 5.41) is 0. The van der Waals surface area contributed by atoms with E-state index in [0.717, 1.165) is 6.54 Å². The summed E-state index contributed by atoms with van der Waals surface area (Å²) in [6.45, 7) is 3.07. The number of aromatic nitrogens is 1. The molecule has 3 rings (SSSR count). The molecule has 0 fully saturated rings. The summed E-state index contributed by atoms with van der Waals surface area (Å²) in [7, 11) is 0. The molecule has 98 valence electrons. The van der Waals surface area contributed by atoms with Gasteiger partial charge >= 0.3 is 0 Å². The van der Waals surface area contributed by atoms with Crippen LogP contribution in [0.5, 0.6) is 0 Å². The van der Waals surface area contributed by atoms with Crippen LogP contribution in [0.2, 0.25) is 0 Å². The molecule has 1 heterocycles. The van der Waals surface area contributed by atoms with E-state index in [4.69, 9.17) is 0 Å². The quantitative estimate of drug-likeness (QED) is 0.627. The van der Waals surface area contributed by atoms with Crippen LogP contribution in [0.15, 0.2) is 79.1 Å². The SMILES string of the molecule is Cc1ccccc1C[n+]1cccc(-c2ccccc2)c1. The zero-order valence-electron chi connectivity index (χ0n) is 11.7. The minimum absolute atomic E-state index is 0.910. The van der Waals surface area contributed by atoms with E-state index in [-0.39, 0.29) is 0 Å². The van der Waals surface area contributed by atoms with Gasteiger partial charge < -0.3 is 0 Å². The van der Waals surface area contributed by atoms with E-state index in [2.05, 4.69) is 84.5 Å². The Bertz CT molecular complexity index is 702. The molecule has 0 aliphatic heterocycles. The summed E-state index contributed by atoms with van der Waals surface area (Å²) in [5.41, 5.74) is 5.21. The lowest BCUT2D eigenvalue weighted by Crippen LogP contribution is -2.33. The van der Waals surface area contributed by atoms with E-state index >= 15 is 0 Å². The predicted octanol–water partition coefficient (Wildman–Crippen LogP) is 4.00. The van der Waals surface area contributed by atoms with Crippen molar-refractivity contribution in [3.63, 3.8) is 0 Å². The molecule has 0 N–H and O–H groups in total. The van der Waals surface area contributed by atoms with Crippen molar-refractivity contribution in [3.8, 4) is 11.1 Å². The Morgan fingerprint density at radius 2 is 1.45 bits per heavy atom. The number of nitrogens with zero attached hydrogens (tertiary/aromatic N) is 1. The van der Waals surface area contributed by atoms with Crippen LogP contribution >= 0.6 is 0 Å². The summed E-state index contributed by atoms with van der Waals surface area (Å²) >= 11 is 0. The number of rotatable bonds is 3. The van der Waals surface area contributed by atoms with Crippen molar-refractivity contribution in [1.29, 1.82) is 0 Å². The van der Waals surface area contributed by atoms with Gasteiger partial charge in [0.25, 0.3) is 0 Å². The molecule has 0 atom stereocenters. The average molecular weight is 260 g/mol. The van der Waals surface area contributed by atoms with Gasteiger partial charge in [-0.15, -0.1) is 0 Å². The van der Waals surface area contributed by atoms with Crippen molar-refractivity contribution in [2.24, 2.45) is 0 Å². The molecule has 0 spiro atoms. The normalized spacial score (nSPS) is 10.4. The first-order valence-corrected chi connectivity index (χ1v) is 6.92. The predicted molar refractivity (Wildman–Crippen MR) is 82.4 cm³/mol. The molecular weight excluding hydrogens is 242 g/mol. The Labute approximate surface area is 120 Å². The Hall–Kier alpha value is -2.41. The zero-order chi connectivity index (χ0) is 13.8. The molecule has 0 saturated heterocycles. The van der Waals surface area contributed by atoms with E-state index in [0.29, 0.717) is 0 Å². The van der Waals surface area contributed by atoms with Crippen molar-refractivity contribution in [2.45, 2.75) is 13.5 Å². The van der Waals surface area contributed by atoms with Crippen molar-refractivity contribution < 1.29 is 4.57 Å². The molecule has 0 aliphatic carbocycles. The summed E-state index contributed by atoms with van der Waals surface area (Å²) in [6, 6.07) is 23.3. The molecule has 3 aromatic rings. The Kier molecular flexibility index (Phi) is 3.60. The number of benzene rings is 2. The number of pyridine rings is 1. The van der Waals surface area contributed by atoms with Gasteiger partial charge in [0.2, 0.25) is 0 Å². The van der Waals surface area contributed by atoms with Crippen LogP contribution in [0.3, 0.4) is 0 Å². The zero-order valence-corrected chi connectivity index (χ0v) is 11.7. The first-order valence-electron chi connectivity index (χ1n) is 6.92. The molecule has 1 nitrogen and oxygen atoms in total. The van der Waals surface area contributed by atoms with E-state index in [1.165, 1.54) is 22.3 Å². The topological polar surface area (TPSA) is 3.88 Å². The molecule has 0 bridgehead atoms. The van der Waals surface area contributed by atoms with Crippen LogP contribution in [0.4, 0.5) is 0 Å². The number of aryl methyl sites for hydroxylation is 1. The second-order valence-corrected chi connectivity index (χ2v) is 5.06. The molecule has 0 saturated carbocycles. The summed E-state index contributed by atoms with van der Waals surface area (Å²) in [5.74, 6) is 0. The van der Waals surface area contributed by atoms with Gasteiger partial charge in [0.1, 0.15) is 0 Å². The minimum Gasteiger partial charge on any atom is -0.200 e. The van der Waals surface area contributed by atoms with Gasteiger partial charge in [-0.1, -0.05) is 54.6 Å². The first-order chi connectivity index (χ1) is 9.83. The van der Waals surface area contributed by atoms with Gasteiger partial charge in [-0.3, -0.25) is 0 Å². The monoisotopic (exact) mass is 260 g/mol. The average Bonchev–Trinajstić information content (AvgIpc) is 2.51. The maximum absolute atomic E-state index is 2.24. The fourth-order valence-electron chi connectivity index (χ4n) is 2.41. The van der Waals surface area contributed by atoms with Crippen molar-refractivity contribution in [2.75, 3.05) is 0 Å². The highest BCUT2D eigenvalue weighted by Crippen LogP contribution is 2.16. The molecule has 1 aromatic heterocycles. The number of hydrogen-bond donors (Lipinski definition) is 0. The highest BCUT2D eigenvalue weighted by molar-refractivity contribution is 5.61. The molecule has 0 amide bonds. The van der Waals surface area contributed by atoms with E-state index in [1.807, 2.05) is 6.07 Å². The van der Waals surface area contributed by atoms with E-state index in [9.17, 15) is 0 Å². The minimum atomic E-state index is 0.910. The third-order valence-electron chi connectivity index (χ3n) is 3.58. The van der Waals surface area contributed by atoms with E-state index < -0.39 is 0 Å². The van der Waals surface area contributed by atoms with E-state index in [1.54, 1.807) is 0 Å². The van der Waals surface area contributed by atoms with Crippen LogP contribution in [-0.4, -0.2) is 0 Å². The Morgan fingerprint density at radius 1 is 0.750 bits per heavy atom. The first kappa shape index (κ1) is 12.6. The van der Waals surface area contributed by atoms with Gasteiger partial charge in [0, 0.05) is 17.2 Å². The highest BCUT2D eigenvalue weighted by atomic mass is 14.9. The fraction of sp³-hybridized carbons (Fsp3) is 0.105. The number of hydrogen-bond acceptors (Lipinski definition) is 0. The largest absolute Gasteiger partial charge is 0.200 e. The summed E-state index contributed by atoms with van der Waals surface area (Å²) < 4.78 is 2.24. The molecule has 0 radical (unpaired) electrons. The molecule has 1 heteroatoms. The van der Waals surface area contributed by atoms with Gasteiger partial charge in [-0.25, -0.2) is 4.57 Å². The summed E-state index contributed by atoms with van der Waals surface area (Å²) in [6.07, 6.45) is 4.33. The van der Waals surface area contributed by atoms with Crippen molar-refractivity contribution in [3.05, 3.63) is 90.3 Å². The lowest BCUT2D eigenvalue weighted by molar-refractivity contribution is -0.687. The highest BCUT2D eigenvalue weighted by Gasteiger charge is 2.07. The van der Waals surface area contributed by atoms with Gasteiger partial charge in [0.15, 0.2) is 18.9 Å². The Balaban J connectivity index is 1.91. The van der Waals surface area contributed by atoms with Crippen LogP contribution in [-0.2, 0) is 6.54 Å². The smallest absolute Gasteiger partial charge is 0.176 e. The lowest BCUT2D eigenvalue weighted by Gasteiger charge is -2.04. The van der Waals surface area contributed by atoms with Gasteiger partial charge in [-0.2, -0.15) is 0 Å². The lowest BCUT2D eigenvalue weighted by atomic mass is 10.1. The Morgan fingerprint density at radius 3 is 2.25 bits per heavy atom. The third kappa shape index (κ3) is 2.77. The van der Waals surface area contributed by atoms with Crippen LogP contribution in [0.1, 0.15) is 11.1 Å². The summed E-state index contributed by atoms with van der Waals surface area (Å²) in [4.78, 5) is 0. The fourth-order valence-corrected chi connectivity index (χ4v) is 2.41. The maximum atomic E-state index is 2.24. The van der Waals surface area contributed by atoms with Gasteiger partial charge in [-0.05, 0) is 24.1 Å². The van der Waals surface area contributed by atoms with Crippen molar-refractivity contribution in [1.82, 2.24) is 0 Å². The maximum Gasteiger partial charge on any atom is 0.176 e. The standard InChI is InChI=1S/C19H18N/c1-16-8-5-6-11-18(16)14-20-13-7-12-19(15-20)17-9-3-2-4-10-17/h2-13,15H,14H2,1H3/q+1. The second-order valence-electron chi connectivity index (χ2n) is 5.06. The van der Waals surface area contributed by atoms with Crippen LogP contribution < -0.4 is 4.57 Å². The third-order valence-corrected chi connectivity index (χ3v) is 3.58. The van der Waals surface area contributed by atoms with Crippen LogP contribution in [0.25, 0.3) is 11.1 Å². The molecule has 0 unspecified atom stereocenters. The molecule has 2 aromatic carbocycles. The molecule has 0 aliphatic rings.